The Morgan fingerprint density at radius 1 is 1.65 bits per heavy atom. The highest BCUT2D eigenvalue weighted by Crippen LogP contribution is 2.41. The quantitative estimate of drug-likeness (QED) is 0.858. The number of nitrogens with zero attached hydrogens (tertiary/aromatic N) is 2. The molecule has 108 valence electrons. The Morgan fingerprint density at radius 2 is 2.40 bits per heavy atom. The molecule has 0 bridgehead atoms. The molecule has 0 amide bonds. The SMILES string of the molecule is CC1(O)CC(n2c(=O)oc3cc(OCCBr)cnc32)C1. The van der Waals surface area contributed by atoms with Crippen LogP contribution in [0.5, 0.6) is 5.75 Å². The summed E-state index contributed by atoms with van der Waals surface area (Å²) in [7, 11) is 0. The van der Waals surface area contributed by atoms with Gasteiger partial charge in [-0.2, -0.15) is 0 Å². The van der Waals surface area contributed by atoms with E-state index in [2.05, 4.69) is 20.9 Å². The van der Waals surface area contributed by atoms with Crippen molar-refractivity contribution in [2.45, 2.75) is 31.4 Å². The second kappa shape index (κ2) is 4.89. The Labute approximate surface area is 123 Å². The van der Waals surface area contributed by atoms with E-state index in [-0.39, 0.29) is 6.04 Å². The molecule has 7 heteroatoms. The molecular formula is C13H15BrN2O4. The predicted octanol–water partition coefficient (Wildman–Crippen LogP) is 1.85. The van der Waals surface area contributed by atoms with Crippen LogP contribution in [0.2, 0.25) is 0 Å². The molecule has 0 saturated heterocycles. The lowest BCUT2D eigenvalue weighted by atomic mass is 9.77. The van der Waals surface area contributed by atoms with E-state index in [0.29, 0.717) is 41.8 Å². The minimum absolute atomic E-state index is 0.0550. The molecule has 0 atom stereocenters. The van der Waals surface area contributed by atoms with Crippen molar-refractivity contribution >= 4 is 27.2 Å². The highest BCUT2D eigenvalue weighted by Gasteiger charge is 2.41. The molecule has 1 N–H and O–H groups in total. The predicted molar refractivity (Wildman–Crippen MR) is 76.5 cm³/mol. The lowest BCUT2D eigenvalue weighted by Gasteiger charge is -2.40. The van der Waals surface area contributed by atoms with Gasteiger partial charge in [0.25, 0.3) is 0 Å². The van der Waals surface area contributed by atoms with Crippen LogP contribution in [0.15, 0.2) is 21.5 Å². The summed E-state index contributed by atoms with van der Waals surface area (Å²) in [5.41, 5.74) is 0.211. The topological polar surface area (TPSA) is 77.5 Å². The van der Waals surface area contributed by atoms with Gasteiger partial charge in [0, 0.05) is 17.4 Å². The average Bonchev–Trinajstić information content (AvgIpc) is 2.68. The van der Waals surface area contributed by atoms with E-state index in [0.717, 1.165) is 0 Å². The van der Waals surface area contributed by atoms with Crippen molar-refractivity contribution in [1.82, 2.24) is 9.55 Å². The summed E-state index contributed by atoms with van der Waals surface area (Å²) in [6.45, 7) is 2.28. The van der Waals surface area contributed by atoms with E-state index in [1.165, 1.54) is 4.57 Å². The zero-order chi connectivity index (χ0) is 14.3. The van der Waals surface area contributed by atoms with Gasteiger partial charge in [0.2, 0.25) is 0 Å². The molecule has 2 aromatic rings. The Bertz CT molecular complexity index is 683. The molecule has 0 aromatic carbocycles. The summed E-state index contributed by atoms with van der Waals surface area (Å²) in [5.74, 6) is 0.129. The molecule has 0 aliphatic heterocycles. The number of pyridine rings is 1. The van der Waals surface area contributed by atoms with Crippen LogP contribution >= 0.6 is 15.9 Å². The van der Waals surface area contributed by atoms with E-state index in [9.17, 15) is 9.90 Å². The Kier molecular flexibility index (Phi) is 3.33. The molecule has 2 aromatic heterocycles. The molecular weight excluding hydrogens is 328 g/mol. The first-order valence-corrected chi connectivity index (χ1v) is 7.54. The smallest absolute Gasteiger partial charge is 0.421 e. The maximum Gasteiger partial charge on any atom is 0.421 e. The summed E-state index contributed by atoms with van der Waals surface area (Å²) in [5, 5.41) is 10.5. The average molecular weight is 343 g/mol. The van der Waals surface area contributed by atoms with Gasteiger partial charge in [-0.3, -0.25) is 4.57 Å². The highest BCUT2D eigenvalue weighted by molar-refractivity contribution is 9.09. The molecule has 1 fully saturated rings. The summed E-state index contributed by atoms with van der Waals surface area (Å²) < 4.78 is 12.2. The van der Waals surface area contributed by atoms with E-state index in [1.807, 2.05) is 0 Å². The van der Waals surface area contributed by atoms with Gasteiger partial charge in [0.15, 0.2) is 11.2 Å². The standard InChI is InChI=1S/C13H15BrN2O4/c1-13(18)5-8(6-13)16-11-10(20-12(16)17)4-9(7-15-11)19-3-2-14/h4,7-8,18H,2-3,5-6H2,1H3. The maximum atomic E-state index is 11.9. The number of fused-ring (bicyclic) bond motifs is 1. The van der Waals surface area contributed by atoms with Crippen LogP contribution in [0.25, 0.3) is 11.2 Å². The van der Waals surface area contributed by atoms with Crippen molar-refractivity contribution in [3.8, 4) is 5.75 Å². The minimum Gasteiger partial charge on any atom is -0.491 e. The van der Waals surface area contributed by atoms with Crippen LogP contribution in [0.4, 0.5) is 0 Å². The van der Waals surface area contributed by atoms with Crippen LogP contribution in [0.1, 0.15) is 25.8 Å². The number of oxazole rings is 1. The van der Waals surface area contributed by atoms with Crippen molar-refractivity contribution in [2.24, 2.45) is 0 Å². The normalized spacial score (nSPS) is 25.6. The second-order valence-corrected chi connectivity index (χ2v) is 6.12. The number of ether oxygens (including phenoxy) is 1. The molecule has 3 rings (SSSR count). The summed E-state index contributed by atoms with van der Waals surface area (Å²) >= 11 is 3.27. The fraction of sp³-hybridized carbons (Fsp3) is 0.538. The van der Waals surface area contributed by atoms with Crippen molar-refractivity contribution in [2.75, 3.05) is 11.9 Å². The highest BCUT2D eigenvalue weighted by atomic mass is 79.9. The summed E-state index contributed by atoms with van der Waals surface area (Å²) in [6.07, 6.45) is 2.64. The lowest BCUT2D eigenvalue weighted by Crippen LogP contribution is -2.44. The molecule has 2 heterocycles. The van der Waals surface area contributed by atoms with Crippen LogP contribution in [0.3, 0.4) is 0 Å². The fourth-order valence-corrected chi connectivity index (χ4v) is 2.76. The minimum atomic E-state index is -0.702. The van der Waals surface area contributed by atoms with Gasteiger partial charge >= 0.3 is 5.76 Å². The molecule has 0 unspecified atom stereocenters. The first kappa shape index (κ1) is 13.6. The van der Waals surface area contributed by atoms with Gasteiger partial charge in [-0.1, -0.05) is 15.9 Å². The number of rotatable bonds is 4. The Balaban J connectivity index is 1.94. The van der Waals surface area contributed by atoms with Crippen LogP contribution < -0.4 is 10.5 Å². The Morgan fingerprint density at radius 3 is 3.05 bits per heavy atom. The number of aromatic nitrogens is 2. The van der Waals surface area contributed by atoms with E-state index in [4.69, 9.17) is 9.15 Å². The van der Waals surface area contributed by atoms with Crippen molar-refractivity contribution < 1.29 is 14.3 Å². The second-order valence-electron chi connectivity index (χ2n) is 5.33. The third-order valence-electron chi connectivity index (χ3n) is 3.49. The van der Waals surface area contributed by atoms with Gasteiger partial charge in [-0.15, -0.1) is 0 Å². The first-order chi connectivity index (χ1) is 9.50. The zero-order valence-corrected chi connectivity index (χ0v) is 12.6. The fourth-order valence-electron chi connectivity index (χ4n) is 2.60. The molecule has 20 heavy (non-hydrogen) atoms. The van der Waals surface area contributed by atoms with Crippen LogP contribution in [0, 0.1) is 0 Å². The molecule has 1 saturated carbocycles. The van der Waals surface area contributed by atoms with Crippen LogP contribution in [-0.4, -0.2) is 32.2 Å². The monoisotopic (exact) mass is 342 g/mol. The first-order valence-electron chi connectivity index (χ1n) is 6.42. The number of hydrogen-bond acceptors (Lipinski definition) is 5. The van der Waals surface area contributed by atoms with Crippen molar-refractivity contribution in [1.29, 1.82) is 0 Å². The van der Waals surface area contributed by atoms with Gasteiger partial charge < -0.3 is 14.3 Å². The number of aliphatic hydroxyl groups is 1. The number of halogens is 1. The van der Waals surface area contributed by atoms with Gasteiger partial charge in [0.05, 0.1) is 18.4 Å². The van der Waals surface area contributed by atoms with Gasteiger partial charge in [-0.25, -0.2) is 9.78 Å². The van der Waals surface area contributed by atoms with E-state index < -0.39 is 11.4 Å². The number of alkyl halides is 1. The Hall–Kier alpha value is -1.34. The van der Waals surface area contributed by atoms with Crippen molar-refractivity contribution in [3.63, 3.8) is 0 Å². The molecule has 1 aliphatic rings. The zero-order valence-electron chi connectivity index (χ0n) is 11.0. The van der Waals surface area contributed by atoms with Gasteiger partial charge in [-0.05, 0) is 19.8 Å². The lowest BCUT2D eigenvalue weighted by molar-refractivity contribution is -0.0515. The van der Waals surface area contributed by atoms with Crippen LogP contribution in [-0.2, 0) is 0 Å². The van der Waals surface area contributed by atoms with E-state index >= 15 is 0 Å². The summed E-state index contributed by atoms with van der Waals surface area (Å²) in [4.78, 5) is 16.2. The maximum absolute atomic E-state index is 11.9. The third-order valence-corrected chi connectivity index (χ3v) is 3.82. The third kappa shape index (κ3) is 2.35. The van der Waals surface area contributed by atoms with E-state index in [1.54, 1.807) is 19.2 Å². The largest absolute Gasteiger partial charge is 0.491 e. The molecule has 0 radical (unpaired) electrons. The molecule has 1 aliphatic carbocycles. The van der Waals surface area contributed by atoms with Crippen molar-refractivity contribution in [3.05, 3.63) is 22.8 Å². The molecule has 0 spiro atoms. The summed E-state index contributed by atoms with van der Waals surface area (Å²) in [6, 6.07) is 1.61. The molecule has 6 nitrogen and oxygen atoms in total. The van der Waals surface area contributed by atoms with Gasteiger partial charge in [0.1, 0.15) is 5.75 Å². The number of hydrogen-bond donors (Lipinski definition) is 1.